The molecule has 2 aromatic heterocycles. The van der Waals surface area contributed by atoms with Gasteiger partial charge in [-0.2, -0.15) is 0 Å². The molecule has 1 aromatic carbocycles. The highest BCUT2D eigenvalue weighted by atomic mass is 19.1. The zero-order valence-electron chi connectivity index (χ0n) is 13.7. The lowest BCUT2D eigenvalue weighted by Gasteiger charge is -2.12. The van der Waals surface area contributed by atoms with E-state index in [9.17, 15) is 14.0 Å². The van der Waals surface area contributed by atoms with Crippen LogP contribution in [0.4, 0.5) is 4.39 Å². The van der Waals surface area contributed by atoms with E-state index in [1.807, 2.05) is 0 Å². The molecule has 8 nitrogen and oxygen atoms in total. The lowest BCUT2D eigenvalue weighted by Crippen LogP contribution is -2.29. The first-order chi connectivity index (χ1) is 12.0. The lowest BCUT2D eigenvalue weighted by molar-refractivity contribution is -0.146. The number of benzene rings is 1. The van der Waals surface area contributed by atoms with Crippen molar-refractivity contribution in [3.8, 4) is 0 Å². The van der Waals surface area contributed by atoms with Gasteiger partial charge in [0.1, 0.15) is 18.2 Å². The van der Waals surface area contributed by atoms with Crippen molar-refractivity contribution >= 4 is 17.1 Å². The van der Waals surface area contributed by atoms with E-state index in [-0.39, 0.29) is 17.9 Å². The van der Waals surface area contributed by atoms with Crippen LogP contribution in [0.2, 0.25) is 0 Å². The molecule has 0 fully saturated rings. The molecule has 0 aliphatic rings. The first-order valence-corrected chi connectivity index (χ1v) is 7.72. The first-order valence-electron chi connectivity index (χ1n) is 7.72. The highest BCUT2D eigenvalue weighted by molar-refractivity contribution is 5.74. The second kappa shape index (κ2) is 6.80. The molecule has 0 spiro atoms. The highest BCUT2D eigenvalue weighted by Gasteiger charge is 2.20. The average molecular weight is 345 g/mol. The summed E-state index contributed by atoms with van der Waals surface area (Å²) in [7, 11) is 0. The largest absolute Gasteiger partial charge is 0.464 e. The lowest BCUT2D eigenvalue weighted by atomic mass is 10.2. The number of halogens is 1. The van der Waals surface area contributed by atoms with Crippen molar-refractivity contribution < 1.29 is 13.9 Å². The quantitative estimate of drug-likeness (QED) is 0.647. The van der Waals surface area contributed by atoms with Gasteiger partial charge in [0, 0.05) is 0 Å². The van der Waals surface area contributed by atoms with E-state index < -0.39 is 17.6 Å². The van der Waals surface area contributed by atoms with Gasteiger partial charge in [-0.3, -0.25) is 9.36 Å². The van der Waals surface area contributed by atoms with Gasteiger partial charge in [0.25, 0.3) is 5.56 Å². The number of fused-ring (bicyclic) bond motifs is 1. The van der Waals surface area contributed by atoms with Crippen molar-refractivity contribution in [2.24, 2.45) is 0 Å². The number of rotatable bonds is 5. The van der Waals surface area contributed by atoms with Gasteiger partial charge in [-0.25, -0.2) is 18.9 Å². The van der Waals surface area contributed by atoms with Gasteiger partial charge in [0.05, 0.1) is 13.2 Å². The van der Waals surface area contributed by atoms with E-state index in [0.717, 1.165) is 10.1 Å². The van der Waals surface area contributed by atoms with Crippen LogP contribution in [0.5, 0.6) is 0 Å². The summed E-state index contributed by atoms with van der Waals surface area (Å²) in [5.41, 5.74) is 0.664. The summed E-state index contributed by atoms with van der Waals surface area (Å²) in [5, 5.41) is 7.81. The van der Waals surface area contributed by atoms with Crippen molar-refractivity contribution in [3.05, 3.63) is 52.3 Å². The monoisotopic (exact) mass is 345 g/mol. The van der Waals surface area contributed by atoms with Crippen LogP contribution in [-0.4, -0.2) is 37.1 Å². The van der Waals surface area contributed by atoms with Crippen LogP contribution >= 0.6 is 0 Å². The van der Waals surface area contributed by atoms with E-state index in [1.54, 1.807) is 26.0 Å². The Morgan fingerprint density at radius 3 is 2.72 bits per heavy atom. The molecule has 0 N–H and O–H groups in total. The van der Waals surface area contributed by atoms with E-state index in [4.69, 9.17) is 4.74 Å². The van der Waals surface area contributed by atoms with Crippen LogP contribution in [0.25, 0.3) is 11.2 Å². The minimum absolute atomic E-state index is 0.0563. The Labute approximate surface area is 141 Å². The Bertz CT molecular complexity index is 964. The fourth-order valence-electron chi connectivity index (χ4n) is 2.39. The molecule has 0 radical (unpaired) electrons. The van der Waals surface area contributed by atoms with Gasteiger partial charge in [-0.15, -0.1) is 5.10 Å². The molecule has 1 atom stereocenters. The van der Waals surface area contributed by atoms with Crippen LogP contribution in [0.15, 0.2) is 35.4 Å². The summed E-state index contributed by atoms with van der Waals surface area (Å²) in [4.78, 5) is 28.6. The molecule has 0 bridgehead atoms. The van der Waals surface area contributed by atoms with Gasteiger partial charge < -0.3 is 4.74 Å². The van der Waals surface area contributed by atoms with Crippen LogP contribution < -0.4 is 5.56 Å². The maximum atomic E-state index is 13.0. The van der Waals surface area contributed by atoms with Crippen LogP contribution in [-0.2, 0) is 16.1 Å². The topological polar surface area (TPSA) is 91.9 Å². The van der Waals surface area contributed by atoms with Crippen molar-refractivity contribution in [1.29, 1.82) is 0 Å². The number of hydrogen-bond acceptors (Lipinski definition) is 6. The number of carbonyl (C=O) groups is 1. The van der Waals surface area contributed by atoms with Crippen LogP contribution in [0.3, 0.4) is 0 Å². The van der Waals surface area contributed by atoms with E-state index >= 15 is 0 Å². The number of nitrogens with zero attached hydrogens (tertiary/aromatic N) is 5. The third kappa shape index (κ3) is 3.25. The predicted molar refractivity (Wildman–Crippen MR) is 86.4 cm³/mol. The fourth-order valence-corrected chi connectivity index (χ4v) is 2.39. The zero-order chi connectivity index (χ0) is 18.0. The van der Waals surface area contributed by atoms with Crippen LogP contribution in [0, 0.1) is 5.82 Å². The maximum absolute atomic E-state index is 13.0. The molecule has 25 heavy (non-hydrogen) atoms. The van der Waals surface area contributed by atoms with Crippen LogP contribution in [0.1, 0.15) is 25.5 Å². The Hall–Kier alpha value is -3.10. The van der Waals surface area contributed by atoms with Crippen molar-refractivity contribution in [2.75, 3.05) is 6.61 Å². The number of esters is 1. The molecule has 2 heterocycles. The summed E-state index contributed by atoms with van der Waals surface area (Å²) < 4.78 is 20.5. The minimum atomic E-state index is -0.813. The molecular weight excluding hydrogens is 329 g/mol. The van der Waals surface area contributed by atoms with Gasteiger partial charge in [0.15, 0.2) is 11.2 Å². The molecule has 0 saturated heterocycles. The smallest absolute Gasteiger partial charge is 0.328 e. The van der Waals surface area contributed by atoms with Gasteiger partial charge in [-0.1, -0.05) is 17.3 Å². The predicted octanol–water partition coefficient (Wildman–Crippen LogP) is 1.30. The molecule has 130 valence electrons. The molecule has 0 amide bonds. The van der Waals surface area contributed by atoms with E-state index in [2.05, 4.69) is 15.3 Å². The number of aromatic nitrogens is 5. The summed E-state index contributed by atoms with van der Waals surface area (Å²) in [6.45, 7) is 3.76. The molecule has 0 saturated carbocycles. The molecule has 3 aromatic rings. The van der Waals surface area contributed by atoms with E-state index in [1.165, 1.54) is 23.1 Å². The molecule has 3 rings (SSSR count). The van der Waals surface area contributed by atoms with Crippen molar-refractivity contribution in [3.63, 3.8) is 0 Å². The second-order valence-corrected chi connectivity index (χ2v) is 5.43. The Morgan fingerprint density at radius 1 is 1.32 bits per heavy atom. The summed E-state index contributed by atoms with van der Waals surface area (Å²) >= 11 is 0. The SMILES string of the molecule is CCOC(=O)[C@@H](C)n1cnc2c(nnn2Cc2ccc(F)cc2)c1=O. The molecule has 0 aliphatic carbocycles. The van der Waals surface area contributed by atoms with Crippen molar-refractivity contribution in [1.82, 2.24) is 24.5 Å². The van der Waals surface area contributed by atoms with Gasteiger partial charge >= 0.3 is 5.97 Å². The second-order valence-electron chi connectivity index (χ2n) is 5.43. The van der Waals surface area contributed by atoms with E-state index in [0.29, 0.717) is 12.2 Å². The molecule has 9 heteroatoms. The average Bonchev–Trinajstić information content (AvgIpc) is 3.01. The summed E-state index contributed by atoms with van der Waals surface area (Å²) in [5.74, 6) is -0.856. The minimum Gasteiger partial charge on any atom is -0.464 e. The van der Waals surface area contributed by atoms with Crippen molar-refractivity contribution in [2.45, 2.75) is 26.4 Å². The standard InChI is InChI=1S/C16H16FN5O3/c1-3-25-16(24)10(2)21-9-18-14-13(15(21)23)19-20-22(14)8-11-4-6-12(17)7-5-11/h4-7,9-10H,3,8H2,1-2H3/t10-/m1/s1. The Balaban J connectivity index is 1.95. The number of hydrogen-bond donors (Lipinski definition) is 0. The third-order valence-electron chi connectivity index (χ3n) is 3.74. The Kier molecular flexibility index (Phi) is 4.55. The summed E-state index contributed by atoms with van der Waals surface area (Å²) in [6.07, 6.45) is 1.27. The number of carbonyl (C=O) groups excluding carboxylic acids is 1. The third-order valence-corrected chi connectivity index (χ3v) is 3.74. The summed E-state index contributed by atoms with van der Waals surface area (Å²) in [6, 6.07) is 5.11. The van der Waals surface area contributed by atoms with Gasteiger partial charge in [0.2, 0.25) is 0 Å². The highest BCUT2D eigenvalue weighted by Crippen LogP contribution is 2.11. The van der Waals surface area contributed by atoms with Gasteiger partial charge in [-0.05, 0) is 31.5 Å². The maximum Gasteiger partial charge on any atom is 0.328 e. The zero-order valence-corrected chi connectivity index (χ0v) is 13.7. The molecular formula is C16H16FN5O3. The molecule has 0 aliphatic heterocycles. The Morgan fingerprint density at radius 2 is 2.04 bits per heavy atom. The molecule has 0 unspecified atom stereocenters. The normalized spacial score (nSPS) is 12.3. The number of ether oxygens (including phenoxy) is 1. The first kappa shape index (κ1) is 16.7. The fraction of sp³-hybridized carbons (Fsp3) is 0.312.